The van der Waals surface area contributed by atoms with E-state index in [4.69, 9.17) is 21.1 Å². The minimum absolute atomic E-state index is 0.0246. The summed E-state index contributed by atoms with van der Waals surface area (Å²) in [5.41, 5.74) is 1.26. The maximum atomic E-state index is 13.2. The summed E-state index contributed by atoms with van der Waals surface area (Å²) < 4.78 is 11.2. The predicted molar refractivity (Wildman–Crippen MR) is 135 cm³/mol. The van der Waals surface area contributed by atoms with Crippen LogP contribution in [0.2, 0.25) is 5.02 Å². The van der Waals surface area contributed by atoms with Gasteiger partial charge in [0.1, 0.15) is 11.5 Å². The van der Waals surface area contributed by atoms with E-state index >= 15 is 0 Å². The molecular weight excluding hydrogens is 468 g/mol. The van der Waals surface area contributed by atoms with Gasteiger partial charge in [-0.05, 0) is 62.2 Å². The van der Waals surface area contributed by atoms with Crippen molar-refractivity contribution in [1.29, 1.82) is 0 Å². The van der Waals surface area contributed by atoms with Gasteiger partial charge < -0.3 is 19.5 Å². The van der Waals surface area contributed by atoms with Crippen molar-refractivity contribution in [2.45, 2.75) is 32.4 Å². The number of carbonyl (C=O) groups is 2. The summed E-state index contributed by atoms with van der Waals surface area (Å²) in [6.07, 6.45) is 0.732. The molecule has 8 heteroatoms. The normalized spacial score (nSPS) is 20.6. The van der Waals surface area contributed by atoms with Crippen LogP contribution in [0.4, 0.5) is 0 Å². The molecule has 2 fully saturated rings. The van der Waals surface area contributed by atoms with Crippen LogP contribution in [0.5, 0.6) is 5.75 Å². The molecule has 4 rings (SSSR count). The zero-order valence-corrected chi connectivity index (χ0v) is 20.8. The fraction of sp³-hybridized carbons (Fsp3) is 0.407. The van der Waals surface area contributed by atoms with Gasteiger partial charge in [0.2, 0.25) is 0 Å². The van der Waals surface area contributed by atoms with Crippen molar-refractivity contribution < 1.29 is 24.2 Å². The van der Waals surface area contributed by atoms with E-state index in [0.29, 0.717) is 42.5 Å². The molecule has 0 saturated carbocycles. The van der Waals surface area contributed by atoms with Gasteiger partial charge in [0, 0.05) is 36.8 Å². The summed E-state index contributed by atoms with van der Waals surface area (Å²) in [6, 6.07) is 13.2. The first-order valence-corrected chi connectivity index (χ1v) is 12.3. The molecule has 0 unspecified atom stereocenters. The summed E-state index contributed by atoms with van der Waals surface area (Å²) in [6.45, 7) is 8.22. The number of rotatable bonds is 8. The third kappa shape index (κ3) is 5.86. The molecule has 2 aromatic rings. The van der Waals surface area contributed by atoms with E-state index in [-0.39, 0.29) is 17.4 Å². The Balaban J connectivity index is 1.66. The van der Waals surface area contributed by atoms with E-state index in [9.17, 15) is 14.7 Å². The molecule has 186 valence electrons. The minimum atomic E-state index is -0.691. The number of hydrogen-bond donors (Lipinski definition) is 1. The Kier molecular flexibility index (Phi) is 8.11. The fourth-order valence-corrected chi connectivity index (χ4v) is 4.64. The van der Waals surface area contributed by atoms with Crippen molar-refractivity contribution in [3.8, 4) is 5.75 Å². The molecular formula is C27H31ClN2O5. The molecule has 2 aliphatic heterocycles. The van der Waals surface area contributed by atoms with Gasteiger partial charge >= 0.3 is 0 Å². The average molecular weight is 499 g/mol. The third-order valence-corrected chi connectivity index (χ3v) is 6.45. The van der Waals surface area contributed by atoms with Gasteiger partial charge in [-0.3, -0.25) is 14.5 Å². The number of nitrogens with zero attached hydrogens (tertiary/aromatic N) is 2. The second-order valence-corrected chi connectivity index (χ2v) is 9.48. The second kappa shape index (κ2) is 11.2. The molecule has 35 heavy (non-hydrogen) atoms. The monoisotopic (exact) mass is 498 g/mol. The first-order chi connectivity index (χ1) is 16.8. The van der Waals surface area contributed by atoms with E-state index in [0.717, 1.165) is 25.2 Å². The maximum Gasteiger partial charge on any atom is 0.295 e. The first-order valence-electron chi connectivity index (χ1n) is 12.0. The molecule has 2 aliphatic rings. The lowest BCUT2D eigenvalue weighted by Crippen LogP contribution is -2.38. The molecule has 7 nitrogen and oxygen atoms in total. The number of morpholine rings is 1. The summed E-state index contributed by atoms with van der Waals surface area (Å²) in [7, 11) is 0. The van der Waals surface area contributed by atoms with E-state index in [1.54, 1.807) is 29.2 Å². The molecule has 0 spiro atoms. The van der Waals surface area contributed by atoms with E-state index in [1.165, 1.54) is 0 Å². The maximum absolute atomic E-state index is 13.2. The number of benzene rings is 2. The number of hydrogen-bond acceptors (Lipinski definition) is 6. The molecule has 0 aliphatic carbocycles. The van der Waals surface area contributed by atoms with Gasteiger partial charge in [-0.25, -0.2) is 0 Å². The van der Waals surface area contributed by atoms with Crippen LogP contribution in [0.15, 0.2) is 54.1 Å². The standard InChI is InChI=1S/C27H31ClN2O5/c1-18(2)35-22-10-6-19(7-11-22)24-23(25(31)20-4-8-21(28)9-5-20)26(32)27(33)30(24)13-3-12-29-14-16-34-17-15-29/h4-11,18,24,31H,3,12-17H2,1-2H3/b25-23+/t24-/m1/s1. The molecule has 2 aromatic carbocycles. The zero-order chi connectivity index (χ0) is 24.9. The smallest absolute Gasteiger partial charge is 0.295 e. The molecule has 0 radical (unpaired) electrons. The molecule has 0 bridgehead atoms. The number of carbonyl (C=O) groups excluding carboxylic acids is 2. The lowest BCUT2D eigenvalue weighted by molar-refractivity contribution is -0.140. The van der Waals surface area contributed by atoms with Gasteiger partial charge in [-0.1, -0.05) is 23.7 Å². The summed E-state index contributed by atoms with van der Waals surface area (Å²) in [5, 5.41) is 11.7. The highest BCUT2D eigenvalue weighted by Crippen LogP contribution is 2.40. The van der Waals surface area contributed by atoms with Crippen LogP contribution in [-0.2, 0) is 14.3 Å². The summed E-state index contributed by atoms with van der Waals surface area (Å²) in [5.74, 6) is -0.791. The van der Waals surface area contributed by atoms with Crippen molar-refractivity contribution in [1.82, 2.24) is 9.80 Å². The van der Waals surface area contributed by atoms with Crippen molar-refractivity contribution in [2.75, 3.05) is 39.4 Å². The van der Waals surface area contributed by atoms with E-state index in [1.807, 2.05) is 38.1 Å². The Morgan fingerprint density at radius 3 is 2.34 bits per heavy atom. The highest BCUT2D eigenvalue weighted by molar-refractivity contribution is 6.46. The van der Waals surface area contributed by atoms with E-state index in [2.05, 4.69) is 4.90 Å². The number of Topliss-reactive ketones (excluding diaryl/α,β-unsaturated/α-hetero) is 1. The van der Waals surface area contributed by atoms with Crippen LogP contribution < -0.4 is 4.74 Å². The van der Waals surface area contributed by atoms with Crippen LogP contribution in [0, 0.1) is 0 Å². The topological polar surface area (TPSA) is 79.3 Å². The zero-order valence-electron chi connectivity index (χ0n) is 20.1. The SMILES string of the molecule is CC(C)Oc1ccc([C@@H]2/C(=C(\O)c3ccc(Cl)cc3)C(=O)C(=O)N2CCCN2CCOCC2)cc1. The van der Waals surface area contributed by atoms with Gasteiger partial charge in [0.25, 0.3) is 11.7 Å². The lowest BCUT2D eigenvalue weighted by atomic mass is 9.95. The van der Waals surface area contributed by atoms with Crippen molar-refractivity contribution >= 4 is 29.1 Å². The Hall–Kier alpha value is -2.87. The van der Waals surface area contributed by atoms with Gasteiger partial charge in [-0.2, -0.15) is 0 Å². The van der Waals surface area contributed by atoms with Crippen LogP contribution >= 0.6 is 11.6 Å². The van der Waals surface area contributed by atoms with Gasteiger partial charge in [0.15, 0.2) is 0 Å². The number of aliphatic hydroxyl groups excluding tert-OH is 1. The Morgan fingerprint density at radius 2 is 1.71 bits per heavy atom. The molecule has 1 atom stereocenters. The van der Waals surface area contributed by atoms with Crippen molar-refractivity contribution in [2.24, 2.45) is 0 Å². The molecule has 0 aromatic heterocycles. The first kappa shape index (κ1) is 25.2. The lowest BCUT2D eigenvalue weighted by Gasteiger charge is -2.29. The minimum Gasteiger partial charge on any atom is -0.507 e. The van der Waals surface area contributed by atoms with Crippen LogP contribution in [0.1, 0.15) is 37.4 Å². The highest BCUT2D eigenvalue weighted by atomic mass is 35.5. The molecule has 2 heterocycles. The number of halogens is 1. The molecule has 2 saturated heterocycles. The molecule has 1 amide bonds. The van der Waals surface area contributed by atoms with E-state index < -0.39 is 17.7 Å². The third-order valence-electron chi connectivity index (χ3n) is 6.20. The molecule has 1 N–H and O–H groups in total. The largest absolute Gasteiger partial charge is 0.507 e. The fourth-order valence-electron chi connectivity index (χ4n) is 4.51. The van der Waals surface area contributed by atoms with Crippen LogP contribution in [0.25, 0.3) is 5.76 Å². The van der Waals surface area contributed by atoms with Crippen molar-refractivity contribution in [3.63, 3.8) is 0 Å². The number of aliphatic hydroxyl groups is 1. The quantitative estimate of drug-likeness (QED) is 0.332. The average Bonchev–Trinajstić information content (AvgIpc) is 3.10. The summed E-state index contributed by atoms with van der Waals surface area (Å²) >= 11 is 6.00. The Bertz CT molecular complexity index is 1080. The predicted octanol–water partition coefficient (Wildman–Crippen LogP) is 4.27. The second-order valence-electron chi connectivity index (χ2n) is 9.04. The van der Waals surface area contributed by atoms with Gasteiger partial charge in [-0.15, -0.1) is 0 Å². The summed E-state index contributed by atoms with van der Waals surface area (Å²) in [4.78, 5) is 30.2. The number of likely N-dealkylation sites (tertiary alicyclic amines) is 1. The number of ketones is 1. The number of ether oxygens (including phenoxy) is 2. The Morgan fingerprint density at radius 1 is 1.06 bits per heavy atom. The van der Waals surface area contributed by atoms with Crippen LogP contribution in [-0.4, -0.2) is 72.1 Å². The van der Waals surface area contributed by atoms with Crippen molar-refractivity contribution in [3.05, 3.63) is 70.3 Å². The highest BCUT2D eigenvalue weighted by Gasteiger charge is 2.45. The number of amides is 1. The van der Waals surface area contributed by atoms with Gasteiger partial charge in [0.05, 0.1) is 30.9 Å². The Labute approximate surface area is 210 Å². The van der Waals surface area contributed by atoms with Crippen LogP contribution in [0.3, 0.4) is 0 Å².